The van der Waals surface area contributed by atoms with Gasteiger partial charge in [0.2, 0.25) is 0 Å². The Labute approximate surface area is 119 Å². The Hall–Kier alpha value is 0.200. The van der Waals surface area contributed by atoms with Crippen molar-refractivity contribution in [1.29, 1.82) is 0 Å². The van der Waals surface area contributed by atoms with Crippen LogP contribution in [0.15, 0.2) is 0 Å². The van der Waals surface area contributed by atoms with E-state index in [0.29, 0.717) is 0 Å². The summed E-state index contributed by atoms with van der Waals surface area (Å²) >= 11 is 0. The van der Waals surface area contributed by atoms with Crippen LogP contribution in [0.3, 0.4) is 0 Å². The van der Waals surface area contributed by atoms with Crippen LogP contribution in [-0.2, 0) is 9.59 Å². The zero-order valence-corrected chi connectivity index (χ0v) is 8.32. The maximum absolute atomic E-state index is 11.0. The normalized spacial score (nSPS) is 17.9. The number of rotatable bonds is 3. The van der Waals surface area contributed by atoms with Crippen molar-refractivity contribution >= 4 is 49.7 Å². The third kappa shape index (κ3) is 3.08. The van der Waals surface area contributed by atoms with Gasteiger partial charge in [0.1, 0.15) is 0 Å². The molecule has 0 aromatic rings. The van der Waals surface area contributed by atoms with Gasteiger partial charge in [0.25, 0.3) is 0 Å². The standard InChI is InChI=1S/C10H16O4.Ca.2H/c1-10(8(11)12,9(13)14)7-5-3-2-4-6-7;;;/h7H,2-6H2,1H3,(H,11,12)(H,13,14);;;. The monoisotopic (exact) mass is 242 g/mol. The molecule has 1 fully saturated rings. The van der Waals surface area contributed by atoms with Gasteiger partial charge in [0.05, 0.1) is 0 Å². The molecule has 0 amide bonds. The first-order chi connectivity index (χ1) is 6.49. The fourth-order valence-electron chi connectivity index (χ4n) is 2.12. The Balaban J connectivity index is 0.00000196. The van der Waals surface area contributed by atoms with Crippen molar-refractivity contribution in [2.24, 2.45) is 11.3 Å². The van der Waals surface area contributed by atoms with E-state index in [1.54, 1.807) is 0 Å². The second-order valence-corrected chi connectivity index (χ2v) is 4.15. The summed E-state index contributed by atoms with van der Waals surface area (Å²) in [6, 6.07) is 0. The number of carboxylic acid groups (broad SMARTS) is 2. The van der Waals surface area contributed by atoms with Crippen LogP contribution in [0.5, 0.6) is 0 Å². The Bertz CT molecular complexity index is 232. The molecule has 0 aromatic heterocycles. The summed E-state index contributed by atoms with van der Waals surface area (Å²) in [7, 11) is 0. The van der Waals surface area contributed by atoms with Gasteiger partial charge in [-0.2, -0.15) is 0 Å². The van der Waals surface area contributed by atoms with Gasteiger partial charge in [-0.25, -0.2) is 0 Å². The van der Waals surface area contributed by atoms with Crippen molar-refractivity contribution < 1.29 is 19.8 Å². The van der Waals surface area contributed by atoms with Gasteiger partial charge in [-0.3, -0.25) is 9.59 Å². The van der Waals surface area contributed by atoms with Gasteiger partial charge < -0.3 is 10.2 Å². The van der Waals surface area contributed by atoms with E-state index in [9.17, 15) is 9.59 Å². The van der Waals surface area contributed by atoms with Gasteiger partial charge in [0, 0.05) is 0 Å². The summed E-state index contributed by atoms with van der Waals surface area (Å²) < 4.78 is 0. The van der Waals surface area contributed by atoms with Gasteiger partial charge in [0.15, 0.2) is 5.41 Å². The molecule has 0 atom stereocenters. The summed E-state index contributed by atoms with van der Waals surface area (Å²) in [4.78, 5) is 22.0. The van der Waals surface area contributed by atoms with Crippen molar-refractivity contribution in [3.8, 4) is 0 Å². The van der Waals surface area contributed by atoms with Crippen molar-refractivity contribution in [2.45, 2.75) is 39.0 Å². The fourth-order valence-corrected chi connectivity index (χ4v) is 2.12. The average Bonchev–Trinajstić information content (AvgIpc) is 2.17. The molecule has 1 saturated carbocycles. The van der Waals surface area contributed by atoms with Crippen molar-refractivity contribution in [3.63, 3.8) is 0 Å². The topological polar surface area (TPSA) is 74.6 Å². The SMILES string of the molecule is CC(C(=O)O)(C(=O)O)C1CCCCC1.[CaH2]. The summed E-state index contributed by atoms with van der Waals surface area (Å²) in [5, 5.41) is 17.9. The quantitative estimate of drug-likeness (QED) is 0.568. The zero-order chi connectivity index (χ0) is 10.8. The van der Waals surface area contributed by atoms with E-state index in [1.807, 2.05) is 0 Å². The van der Waals surface area contributed by atoms with Crippen LogP contribution in [0.4, 0.5) is 0 Å². The Morgan fingerprint density at radius 2 is 1.47 bits per heavy atom. The molecule has 4 nitrogen and oxygen atoms in total. The van der Waals surface area contributed by atoms with E-state index >= 15 is 0 Å². The molecule has 2 N–H and O–H groups in total. The van der Waals surface area contributed by atoms with E-state index in [4.69, 9.17) is 10.2 Å². The predicted octanol–water partition coefficient (Wildman–Crippen LogP) is 0.826. The molecule has 5 heteroatoms. The first-order valence-electron chi connectivity index (χ1n) is 4.96. The Morgan fingerprint density at radius 1 is 1.07 bits per heavy atom. The average molecular weight is 242 g/mol. The second kappa shape index (κ2) is 6.06. The predicted molar refractivity (Wildman–Crippen MR) is 58.5 cm³/mol. The summed E-state index contributed by atoms with van der Waals surface area (Å²) in [5.74, 6) is -2.64. The summed E-state index contributed by atoms with van der Waals surface area (Å²) in [5.41, 5.74) is -1.60. The third-order valence-electron chi connectivity index (χ3n) is 3.31. The molecule has 1 aliphatic rings. The van der Waals surface area contributed by atoms with Crippen molar-refractivity contribution in [1.82, 2.24) is 0 Å². The van der Waals surface area contributed by atoms with E-state index in [2.05, 4.69) is 0 Å². The number of hydrogen-bond acceptors (Lipinski definition) is 2. The van der Waals surface area contributed by atoms with Crippen molar-refractivity contribution in [2.75, 3.05) is 0 Å². The molecule has 0 aliphatic heterocycles. The van der Waals surface area contributed by atoms with Crippen LogP contribution < -0.4 is 0 Å². The molecule has 0 bridgehead atoms. The van der Waals surface area contributed by atoms with Gasteiger partial charge in [-0.05, 0) is 25.7 Å². The van der Waals surface area contributed by atoms with E-state index in [0.717, 1.165) is 32.1 Å². The third-order valence-corrected chi connectivity index (χ3v) is 3.31. The Morgan fingerprint density at radius 3 is 1.80 bits per heavy atom. The summed E-state index contributed by atoms with van der Waals surface area (Å²) in [6.07, 6.45) is 4.41. The van der Waals surface area contributed by atoms with Crippen LogP contribution >= 0.6 is 0 Å². The summed E-state index contributed by atoms with van der Waals surface area (Å²) in [6.45, 7) is 1.33. The number of carboxylic acids is 2. The van der Waals surface area contributed by atoms with Crippen LogP contribution in [0.1, 0.15) is 39.0 Å². The van der Waals surface area contributed by atoms with Crippen LogP contribution in [0.2, 0.25) is 0 Å². The molecule has 0 aromatic carbocycles. The second-order valence-electron chi connectivity index (χ2n) is 4.15. The van der Waals surface area contributed by atoms with E-state index < -0.39 is 17.4 Å². The van der Waals surface area contributed by atoms with Gasteiger partial charge >= 0.3 is 49.7 Å². The fraction of sp³-hybridized carbons (Fsp3) is 0.800. The Kier molecular flexibility index (Phi) is 6.14. The molecular formula is C10H18CaO4. The molecule has 15 heavy (non-hydrogen) atoms. The zero-order valence-electron chi connectivity index (χ0n) is 8.32. The van der Waals surface area contributed by atoms with E-state index in [1.165, 1.54) is 6.92 Å². The minimum absolute atomic E-state index is 0. The molecule has 0 radical (unpaired) electrons. The first-order valence-corrected chi connectivity index (χ1v) is 4.96. The van der Waals surface area contributed by atoms with Crippen LogP contribution in [0.25, 0.3) is 0 Å². The number of carbonyl (C=O) groups is 2. The maximum atomic E-state index is 11.0. The van der Waals surface area contributed by atoms with Crippen molar-refractivity contribution in [3.05, 3.63) is 0 Å². The number of aliphatic carboxylic acids is 2. The molecule has 0 saturated heterocycles. The van der Waals surface area contributed by atoms with Gasteiger partial charge in [-0.15, -0.1) is 0 Å². The first kappa shape index (κ1) is 15.2. The van der Waals surface area contributed by atoms with E-state index in [-0.39, 0.29) is 43.7 Å². The molecule has 84 valence electrons. The van der Waals surface area contributed by atoms with Gasteiger partial charge in [-0.1, -0.05) is 19.3 Å². The molecule has 1 rings (SSSR count). The molecule has 0 heterocycles. The molecule has 0 unspecified atom stereocenters. The molecular weight excluding hydrogens is 224 g/mol. The molecule has 0 spiro atoms. The minimum atomic E-state index is -1.60. The number of hydrogen-bond donors (Lipinski definition) is 2. The van der Waals surface area contributed by atoms with Crippen LogP contribution in [-0.4, -0.2) is 59.9 Å². The molecule has 1 aliphatic carbocycles. The van der Waals surface area contributed by atoms with Crippen LogP contribution in [0, 0.1) is 11.3 Å².